The first-order chi connectivity index (χ1) is 16.2. The summed E-state index contributed by atoms with van der Waals surface area (Å²) in [5.41, 5.74) is 4.94. The largest absolute Gasteiger partial charge is 0.289 e. The zero-order chi connectivity index (χ0) is 22.6. The number of Topliss-reactive ketones (excluding diaryl/α,β-unsaturated/α-hetero) is 1. The Bertz CT molecular complexity index is 1330. The molecule has 158 valence electrons. The highest BCUT2D eigenvalue weighted by Gasteiger charge is 2.37. The van der Waals surface area contributed by atoms with Gasteiger partial charge in [0.25, 0.3) is 0 Å². The Hall–Kier alpha value is -3.95. The van der Waals surface area contributed by atoms with Gasteiger partial charge in [0.1, 0.15) is 0 Å². The van der Waals surface area contributed by atoms with Crippen LogP contribution in [0.5, 0.6) is 0 Å². The predicted molar refractivity (Wildman–Crippen MR) is 136 cm³/mol. The standard InChI is InChI=1S/C30H20O2S/c31-28(23-17-9-3-10-18-23)27-26(30(32)33-29(27)24-19-11-4-12-20-24)25(21-13-5-1-6-14-21)22-15-7-2-8-16-22/h1-20H. The smallest absolute Gasteiger partial charge is 0.225 e. The molecule has 0 unspecified atom stereocenters. The monoisotopic (exact) mass is 444 g/mol. The molecule has 5 rings (SSSR count). The summed E-state index contributed by atoms with van der Waals surface area (Å²) < 4.78 is 0. The Morgan fingerprint density at radius 1 is 0.545 bits per heavy atom. The van der Waals surface area contributed by atoms with Crippen molar-refractivity contribution in [1.82, 2.24) is 0 Å². The molecule has 1 aliphatic heterocycles. The molecule has 3 heteroatoms. The summed E-state index contributed by atoms with van der Waals surface area (Å²) in [7, 11) is 0. The molecule has 0 aromatic heterocycles. The predicted octanol–water partition coefficient (Wildman–Crippen LogP) is 7.06. The van der Waals surface area contributed by atoms with Gasteiger partial charge in [0.05, 0.1) is 0 Å². The van der Waals surface area contributed by atoms with Gasteiger partial charge in [-0.3, -0.25) is 9.59 Å². The summed E-state index contributed by atoms with van der Waals surface area (Å²) in [6, 6.07) is 38.5. The Labute approximate surface area is 197 Å². The van der Waals surface area contributed by atoms with Gasteiger partial charge in [-0.2, -0.15) is 0 Å². The molecule has 1 heterocycles. The maximum atomic E-state index is 13.9. The number of ketones is 1. The van der Waals surface area contributed by atoms with Crippen LogP contribution in [0.2, 0.25) is 0 Å². The van der Waals surface area contributed by atoms with Gasteiger partial charge in [0.15, 0.2) is 5.78 Å². The van der Waals surface area contributed by atoms with Gasteiger partial charge < -0.3 is 0 Å². The minimum Gasteiger partial charge on any atom is -0.289 e. The van der Waals surface area contributed by atoms with Crippen LogP contribution in [0.15, 0.2) is 132 Å². The van der Waals surface area contributed by atoms with E-state index in [9.17, 15) is 9.59 Å². The van der Waals surface area contributed by atoms with Crippen molar-refractivity contribution in [2.45, 2.75) is 0 Å². The lowest BCUT2D eigenvalue weighted by Crippen LogP contribution is -2.10. The first-order valence-corrected chi connectivity index (χ1v) is 11.5. The number of hydrogen-bond acceptors (Lipinski definition) is 3. The first-order valence-electron chi connectivity index (χ1n) is 10.7. The van der Waals surface area contributed by atoms with Crippen molar-refractivity contribution in [3.63, 3.8) is 0 Å². The summed E-state index contributed by atoms with van der Waals surface area (Å²) in [6.45, 7) is 0. The molecule has 0 saturated carbocycles. The van der Waals surface area contributed by atoms with Gasteiger partial charge in [-0.05, 0) is 28.5 Å². The van der Waals surface area contributed by atoms with Crippen LogP contribution in [-0.2, 0) is 4.79 Å². The molecule has 0 aliphatic carbocycles. The minimum absolute atomic E-state index is 0.115. The zero-order valence-electron chi connectivity index (χ0n) is 17.8. The molecule has 4 aromatic carbocycles. The van der Waals surface area contributed by atoms with Crippen molar-refractivity contribution in [1.29, 1.82) is 0 Å². The van der Waals surface area contributed by atoms with Crippen LogP contribution in [0.1, 0.15) is 27.0 Å². The lowest BCUT2D eigenvalue weighted by molar-refractivity contribution is -0.107. The Kier molecular flexibility index (Phi) is 5.88. The maximum absolute atomic E-state index is 13.9. The molecule has 0 radical (unpaired) electrons. The van der Waals surface area contributed by atoms with E-state index < -0.39 is 0 Å². The molecule has 0 atom stereocenters. The van der Waals surface area contributed by atoms with Crippen LogP contribution in [0.25, 0.3) is 10.5 Å². The fraction of sp³-hybridized carbons (Fsp3) is 0. The van der Waals surface area contributed by atoms with E-state index in [2.05, 4.69) is 0 Å². The van der Waals surface area contributed by atoms with E-state index >= 15 is 0 Å². The topological polar surface area (TPSA) is 34.1 Å². The highest BCUT2D eigenvalue weighted by molar-refractivity contribution is 8.22. The molecule has 33 heavy (non-hydrogen) atoms. The van der Waals surface area contributed by atoms with Gasteiger partial charge in [-0.25, -0.2) is 0 Å². The van der Waals surface area contributed by atoms with Crippen LogP contribution >= 0.6 is 11.8 Å². The highest BCUT2D eigenvalue weighted by Crippen LogP contribution is 2.48. The van der Waals surface area contributed by atoms with Crippen molar-refractivity contribution >= 4 is 33.1 Å². The summed E-state index contributed by atoms with van der Waals surface area (Å²) >= 11 is 1.14. The molecule has 0 saturated heterocycles. The van der Waals surface area contributed by atoms with Gasteiger partial charge in [0, 0.05) is 27.2 Å². The number of carbonyl (C=O) groups excluding carboxylic acids is 2. The molecule has 0 fully saturated rings. The first kappa shape index (κ1) is 20.9. The van der Waals surface area contributed by atoms with Crippen LogP contribution in [0.4, 0.5) is 0 Å². The number of allylic oxidation sites excluding steroid dienone is 1. The van der Waals surface area contributed by atoms with Crippen LogP contribution in [-0.4, -0.2) is 10.9 Å². The molecule has 4 aromatic rings. The number of thioether (sulfide) groups is 1. The molecule has 0 amide bonds. The fourth-order valence-electron chi connectivity index (χ4n) is 4.05. The van der Waals surface area contributed by atoms with Crippen molar-refractivity contribution < 1.29 is 9.59 Å². The van der Waals surface area contributed by atoms with Crippen molar-refractivity contribution in [2.75, 3.05) is 0 Å². The van der Waals surface area contributed by atoms with E-state index in [1.54, 1.807) is 12.1 Å². The van der Waals surface area contributed by atoms with Gasteiger partial charge in [-0.15, -0.1) is 0 Å². The second-order valence-electron chi connectivity index (χ2n) is 7.64. The third-order valence-electron chi connectivity index (χ3n) is 5.55. The minimum atomic E-state index is -0.146. The van der Waals surface area contributed by atoms with Crippen molar-refractivity contribution in [2.24, 2.45) is 0 Å². The lowest BCUT2D eigenvalue weighted by Gasteiger charge is -2.14. The van der Waals surface area contributed by atoms with E-state index in [1.807, 2.05) is 109 Å². The second kappa shape index (κ2) is 9.27. The van der Waals surface area contributed by atoms with E-state index in [4.69, 9.17) is 0 Å². The van der Waals surface area contributed by atoms with Crippen LogP contribution < -0.4 is 0 Å². The Balaban J connectivity index is 1.85. The summed E-state index contributed by atoms with van der Waals surface area (Å²) in [4.78, 5) is 28.2. The molecule has 0 bridgehead atoms. The number of hydrogen-bond donors (Lipinski definition) is 0. The third kappa shape index (κ3) is 4.11. The number of carbonyl (C=O) groups is 2. The second-order valence-corrected chi connectivity index (χ2v) is 8.62. The molecule has 0 spiro atoms. The molecule has 1 aliphatic rings. The Morgan fingerprint density at radius 3 is 1.45 bits per heavy atom. The average Bonchev–Trinajstić information content (AvgIpc) is 3.23. The maximum Gasteiger partial charge on any atom is 0.225 e. The SMILES string of the molecule is O=C1SC(c2ccccc2)=C(C(=O)c2ccccc2)C1=C(c1ccccc1)c1ccccc1. The van der Waals surface area contributed by atoms with Gasteiger partial charge in [-0.1, -0.05) is 121 Å². The zero-order valence-corrected chi connectivity index (χ0v) is 18.6. The number of rotatable bonds is 5. The van der Waals surface area contributed by atoms with Crippen molar-refractivity contribution in [3.05, 3.63) is 155 Å². The average molecular weight is 445 g/mol. The quantitative estimate of drug-likeness (QED) is 0.244. The van der Waals surface area contributed by atoms with Crippen LogP contribution in [0, 0.1) is 0 Å². The Morgan fingerprint density at radius 2 is 0.970 bits per heavy atom. The summed E-state index contributed by atoms with van der Waals surface area (Å²) in [5.74, 6) is -0.146. The normalized spacial score (nSPS) is 13.3. The molecular weight excluding hydrogens is 424 g/mol. The van der Waals surface area contributed by atoms with E-state index in [1.165, 1.54) is 0 Å². The van der Waals surface area contributed by atoms with E-state index in [0.717, 1.165) is 34.0 Å². The molecular formula is C30H20O2S. The summed E-state index contributed by atoms with van der Waals surface area (Å²) in [5, 5.41) is -0.115. The highest BCUT2D eigenvalue weighted by atomic mass is 32.2. The van der Waals surface area contributed by atoms with Crippen molar-refractivity contribution in [3.8, 4) is 0 Å². The summed E-state index contributed by atoms with van der Waals surface area (Å²) in [6.07, 6.45) is 0. The molecule has 0 N–H and O–H groups in total. The molecule has 2 nitrogen and oxygen atoms in total. The van der Waals surface area contributed by atoms with Gasteiger partial charge >= 0.3 is 0 Å². The third-order valence-corrected chi connectivity index (χ3v) is 6.58. The van der Waals surface area contributed by atoms with E-state index in [0.29, 0.717) is 21.6 Å². The van der Waals surface area contributed by atoms with Gasteiger partial charge in [0.2, 0.25) is 5.12 Å². The van der Waals surface area contributed by atoms with Crippen LogP contribution in [0.3, 0.4) is 0 Å². The fourth-order valence-corrected chi connectivity index (χ4v) is 5.09. The van der Waals surface area contributed by atoms with E-state index in [-0.39, 0.29) is 10.9 Å². The lowest BCUT2D eigenvalue weighted by atomic mass is 9.86. The number of benzene rings is 4.